The van der Waals surface area contributed by atoms with Gasteiger partial charge in [-0.25, -0.2) is 9.97 Å². The number of rotatable bonds is 2. The molecule has 0 saturated heterocycles. The molecule has 0 aliphatic carbocycles. The molecule has 0 aliphatic rings. The largest absolute Gasteiger partial charge is 0.339 e. The topological polar surface area (TPSA) is 67.6 Å². The zero-order valence-electron chi connectivity index (χ0n) is 7.99. The van der Waals surface area contributed by atoms with Gasteiger partial charge in [0.05, 0.1) is 0 Å². The molecule has 2 rings (SSSR count). The number of imidazole rings is 1. The van der Waals surface area contributed by atoms with Crippen molar-refractivity contribution in [3.05, 3.63) is 35.8 Å². The van der Waals surface area contributed by atoms with E-state index in [1.54, 1.807) is 6.20 Å². The van der Waals surface area contributed by atoms with Crippen molar-refractivity contribution < 1.29 is 0 Å². The van der Waals surface area contributed by atoms with E-state index in [0.29, 0.717) is 6.54 Å². The number of aryl methyl sites for hydroxylation is 1. The van der Waals surface area contributed by atoms with Crippen LogP contribution in [0.5, 0.6) is 0 Å². The Morgan fingerprint density at radius 3 is 2.93 bits per heavy atom. The van der Waals surface area contributed by atoms with Crippen LogP contribution < -0.4 is 5.73 Å². The van der Waals surface area contributed by atoms with E-state index in [2.05, 4.69) is 15.0 Å². The first-order chi connectivity index (χ1) is 6.79. The molecule has 0 aromatic carbocycles. The maximum absolute atomic E-state index is 5.48. The number of hydrogen-bond donors (Lipinski definition) is 2. The number of nitrogens with zero attached hydrogens (tertiary/aromatic N) is 2. The molecule has 0 fully saturated rings. The molecule has 0 amide bonds. The van der Waals surface area contributed by atoms with Crippen molar-refractivity contribution in [3.63, 3.8) is 0 Å². The minimum Gasteiger partial charge on any atom is -0.339 e. The minimum atomic E-state index is 0.471. The van der Waals surface area contributed by atoms with Crippen LogP contribution in [0.15, 0.2) is 24.4 Å². The van der Waals surface area contributed by atoms with E-state index < -0.39 is 0 Å². The van der Waals surface area contributed by atoms with Crippen LogP contribution >= 0.6 is 0 Å². The van der Waals surface area contributed by atoms with Gasteiger partial charge in [0.2, 0.25) is 0 Å². The minimum absolute atomic E-state index is 0.471. The van der Waals surface area contributed by atoms with Crippen LogP contribution in [0.2, 0.25) is 0 Å². The molecule has 0 atom stereocenters. The highest BCUT2D eigenvalue weighted by atomic mass is 15.0. The summed E-state index contributed by atoms with van der Waals surface area (Å²) < 4.78 is 0. The van der Waals surface area contributed by atoms with Gasteiger partial charge >= 0.3 is 0 Å². The molecule has 0 spiro atoms. The number of pyridine rings is 1. The molecule has 0 radical (unpaired) electrons. The number of nitrogens with one attached hydrogen (secondary N) is 1. The first-order valence-corrected chi connectivity index (χ1v) is 4.47. The molecule has 0 aliphatic heterocycles. The predicted molar refractivity (Wildman–Crippen MR) is 54.4 cm³/mol. The lowest BCUT2D eigenvalue weighted by molar-refractivity contribution is 1.01. The predicted octanol–water partition coefficient (Wildman–Crippen LogP) is 1.24. The molecule has 0 unspecified atom stereocenters. The zero-order valence-corrected chi connectivity index (χ0v) is 7.99. The van der Waals surface area contributed by atoms with Gasteiger partial charge in [-0.3, -0.25) is 0 Å². The van der Waals surface area contributed by atoms with Gasteiger partial charge < -0.3 is 10.7 Å². The quantitative estimate of drug-likeness (QED) is 0.745. The summed E-state index contributed by atoms with van der Waals surface area (Å²) in [7, 11) is 0. The fraction of sp³-hybridized carbons (Fsp3) is 0.200. The van der Waals surface area contributed by atoms with E-state index in [-0.39, 0.29) is 0 Å². The van der Waals surface area contributed by atoms with Gasteiger partial charge in [0.15, 0.2) is 5.82 Å². The molecular formula is C10H12N4. The van der Waals surface area contributed by atoms with Crippen LogP contribution in [0.3, 0.4) is 0 Å². The Hall–Kier alpha value is -1.68. The molecule has 3 N–H and O–H groups in total. The van der Waals surface area contributed by atoms with E-state index in [4.69, 9.17) is 5.73 Å². The summed E-state index contributed by atoms with van der Waals surface area (Å²) in [5.74, 6) is 0.772. The Labute approximate surface area is 82.2 Å². The second-order valence-electron chi connectivity index (χ2n) is 3.13. The molecule has 2 heterocycles. The number of aromatic amines is 1. The number of aromatic nitrogens is 3. The monoisotopic (exact) mass is 188 g/mol. The van der Waals surface area contributed by atoms with Crippen molar-refractivity contribution >= 4 is 0 Å². The third-order valence-corrected chi connectivity index (χ3v) is 1.98. The van der Waals surface area contributed by atoms with E-state index in [1.165, 1.54) is 0 Å². The summed E-state index contributed by atoms with van der Waals surface area (Å²) >= 11 is 0. The summed E-state index contributed by atoms with van der Waals surface area (Å²) in [5, 5.41) is 0. The lowest BCUT2D eigenvalue weighted by atomic mass is 10.3. The lowest BCUT2D eigenvalue weighted by Crippen LogP contribution is -1.96. The Balaban J connectivity index is 2.39. The van der Waals surface area contributed by atoms with Gasteiger partial charge in [0.1, 0.15) is 5.69 Å². The molecule has 4 nitrogen and oxygen atoms in total. The highest BCUT2D eigenvalue weighted by molar-refractivity contribution is 5.49. The molecular weight excluding hydrogens is 176 g/mol. The van der Waals surface area contributed by atoms with Crippen molar-refractivity contribution in [3.8, 4) is 11.5 Å². The third-order valence-electron chi connectivity index (χ3n) is 1.98. The fourth-order valence-electron chi connectivity index (χ4n) is 1.27. The normalized spacial score (nSPS) is 10.4. The average molecular weight is 188 g/mol. The Bertz CT molecular complexity index is 433. The molecule has 14 heavy (non-hydrogen) atoms. The van der Waals surface area contributed by atoms with Gasteiger partial charge in [-0.2, -0.15) is 0 Å². The van der Waals surface area contributed by atoms with Crippen molar-refractivity contribution in [2.24, 2.45) is 5.73 Å². The van der Waals surface area contributed by atoms with E-state index in [0.717, 1.165) is 22.9 Å². The molecule has 2 aromatic heterocycles. The van der Waals surface area contributed by atoms with Gasteiger partial charge in [-0.15, -0.1) is 0 Å². The highest BCUT2D eigenvalue weighted by Crippen LogP contribution is 2.12. The van der Waals surface area contributed by atoms with Crippen molar-refractivity contribution in [1.82, 2.24) is 15.0 Å². The van der Waals surface area contributed by atoms with Crippen LogP contribution in [-0.4, -0.2) is 15.0 Å². The summed E-state index contributed by atoms with van der Waals surface area (Å²) in [6, 6.07) is 5.84. The SMILES string of the molecule is Cc1cccc(-c2ncc(CN)[nH]2)n1. The van der Waals surface area contributed by atoms with E-state index in [1.807, 2.05) is 25.1 Å². The number of nitrogens with two attached hydrogens (primary N) is 1. The van der Waals surface area contributed by atoms with E-state index >= 15 is 0 Å². The van der Waals surface area contributed by atoms with Gasteiger partial charge in [-0.1, -0.05) is 6.07 Å². The van der Waals surface area contributed by atoms with Crippen molar-refractivity contribution in [2.75, 3.05) is 0 Å². The second-order valence-corrected chi connectivity index (χ2v) is 3.13. The average Bonchev–Trinajstić information content (AvgIpc) is 2.66. The Morgan fingerprint density at radius 2 is 2.29 bits per heavy atom. The number of H-pyrrole nitrogens is 1. The van der Waals surface area contributed by atoms with Crippen LogP contribution in [0.25, 0.3) is 11.5 Å². The Morgan fingerprint density at radius 1 is 1.43 bits per heavy atom. The fourth-order valence-corrected chi connectivity index (χ4v) is 1.27. The van der Waals surface area contributed by atoms with Crippen LogP contribution in [-0.2, 0) is 6.54 Å². The Kier molecular flexibility index (Phi) is 2.28. The van der Waals surface area contributed by atoms with Crippen LogP contribution in [0, 0.1) is 6.92 Å². The summed E-state index contributed by atoms with van der Waals surface area (Å²) in [4.78, 5) is 11.7. The summed E-state index contributed by atoms with van der Waals surface area (Å²) in [6.45, 7) is 2.43. The van der Waals surface area contributed by atoms with Crippen LogP contribution in [0.1, 0.15) is 11.4 Å². The maximum atomic E-state index is 5.48. The third kappa shape index (κ3) is 1.65. The molecule has 4 heteroatoms. The smallest absolute Gasteiger partial charge is 0.156 e. The number of hydrogen-bond acceptors (Lipinski definition) is 3. The lowest BCUT2D eigenvalue weighted by Gasteiger charge is -1.96. The van der Waals surface area contributed by atoms with Crippen molar-refractivity contribution in [2.45, 2.75) is 13.5 Å². The van der Waals surface area contributed by atoms with Gasteiger partial charge in [0.25, 0.3) is 0 Å². The molecule has 0 saturated carbocycles. The summed E-state index contributed by atoms with van der Waals surface area (Å²) in [6.07, 6.45) is 1.74. The first-order valence-electron chi connectivity index (χ1n) is 4.47. The second kappa shape index (κ2) is 3.59. The van der Waals surface area contributed by atoms with E-state index in [9.17, 15) is 0 Å². The summed E-state index contributed by atoms with van der Waals surface area (Å²) in [5.41, 5.74) is 8.23. The zero-order chi connectivity index (χ0) is 9.97. The highest BCUT2D eigenvalue weighted by Gasteiger charge is 2.03. The maximum Gasteiger partial charge on any atom is 0.156 e. The van der Waals surface area contributed by atoms with Gasteiger partial charge in [0, 0.05) is 24.1 Å². The molecule has 72 valence electrons. The van der Waals surface area contributed by atoms with Gasteiger partial charge in [-0.05, 0) is 19.1 Å². The molecule has 0 bridgehead atoms. The van der Waals surface area contributed by atoms with Crippen LogP contribution in [0.4, 0.5) is 0 Å². The van der Waals surface area contributed by atoms with Crippen molar-refractivity contribution in [1.29, 1.82) is 0 Å². The first kappa shape index (κ1) is 8.90. The standard InChI is InChI=1S/C10H12N4/c1-7-3-2-4-9(13-7)10-12-6-8(5-11)14-10/h2-4,6H,5,11H2,1H3,(H,12,14). The molecule has 2 aromatic rings.